The van der Waals surface area contributed by atoms with Crippen LogP contribution in [0.2, 0.25) is 0 Å². The number of carbonyl (C=O) groups is 1. The van der Waals surface area contributed by atoms with Gasteiger partial charge in [0, 0.05) is 12.0 Å². The Morgan fingerprint density at radius 3 is 2.26 bits per heavy atom. The van der Waals surface area contributed by atoms with Crippen LogP contribution in [-0.4, -0.2) is 32.0 Å². The first-order valence-electron chi connectivity index (χ1n) is 7.95. The SMILES string of the molecule is F[B-](F)(F)F.[2H]C([2H])([2H])[S+](OCCC(=O)c1ccccc1)C([2H])([2H])[2H]. The van der Waals surface area contributed by atoms with Crippen molar-refractivity contribution in [2.45, 2.75) is 6.42 Å². The largest absolute Gasteiger partial charge is 0.673 e. The van der Waals surface area contributed by atoms with Crippen LogP contribution in [0.4, 0.5) is 17.3 Å². The predicted octanol–water partition coefficient (Wildman–Crippen LogP) is 3.37. The molecule has 0 aliphatic rings. The molecule has 0 heterocycles. The third-order valence-electron chi connectivity index (χ3n) is 1.63. The standard InChI is InChI=1S/C11H15O2S.BF4/c1-14(2)13-9-8-11(12)10-6-4-3-5-7-10;2-1(3,4)5/h3-7H,8-9H2,1-2H3;/q+1;-1/i1D3,2D3;. The molecule has 0 bridgehead atoms. The highest BCUT2D eigenvalue weighted by molar-refractivity contribution is 7.90. The maximum atomic E-state index is 11.8. The molecule has 0 saturated heterocycles. The molecule has 0 atom stereocenters. The van der Waals surface area contributed by atoms with Gasteiger partial charge in [-0.15, -0.1) is 0 Å². The topological polar surface area (TPSA) is 26.3 Å². The summed E-state index contributed by atoms with van der Waals surface area (Å²) in [6, 6.07) is 8.46. The Morgan fingerprint density at radius 2 is 1.79 bits per heavy atom. The Labute approximate surface area is 121 Å². The van der Waals surface area contributed by atoms with Gasteiger partial charge in [-0.2, -0.15) is 4.18 Å². The first kappa shape index (κ1) is 9.82. The minimum absolute atomic E-state index is 0.0559. The number of Topliss-reactive ketones (excluding diaryl/α,β-unsaturated/α-hetero) is 1. The van der Waals surface area contributed by atoms with Gasteiger partial charge in [0.2, 0.25) is 0 Å². The molecule has 2 nitrogen and oxygen atoms in total. The third kappa shape index (κ3) is 13.2. The van der Waals surface area contributed by atoms with E-state index in [4.69, 9.17) is 12.4 Å². The van der Waals surface area contributed by atoms with Crippen molar-refractivity contribution < 1.29 is 34.5 Å². The summed E-state index contributed by atoms with van der Waals surface area (Å²) < 4.78 is 87.0. The van der Waals surface area contributed by atoms with Gasteiger partial charge in [0.05, 0.1) is 8.22 Å². The second kappa shape index (κ2) is 8.98. The van der Waals surface area contributed by atoms with E-state index < -0.39 is 30.8 Å². The molecule has 1 rings (SSSR count). The lowest BCUT2D eigenvalue weighted by Crippen LogP contribution is -2.08. The van der Waals surface area contributed by atoms with E-state index in [0.717, 1.165) is 0 Å². The average Bonchev–Trinajstić information content (AvgIpc) is 2.39. The molecule has 0 fully saturated rings. The normalized spacial score (nSPS) is 16.9. The van der Waals surface area contributed by atoms with Crippen molar-refractivity contribution in [2.24, 2.45) is 0 Å². The van der Waals surface area contributed by atoms with Crippen LogP contribution >= 0.6 is 0 Å². The zero-order valence-corrected chi connectivity index (χ0v) is 10.4. The summed E-state index contributed by atoms with van der Waals surface area (Å²) in [7, 11) is -6.00. The first-order valence-corrected chi connectivity index (χ1v) is 6.10. The van der Waals surface area contributed by atoms with Crippen LogP contribution in [-0.2, 0) is 15.4 Å². The van der Waals surface area contributed by atoms with Crippen LogP contribution in [0.3, 0.4) is 0 Å². The average molecular weight is 304 g/mol. The van der Waals surface area contributed by atoms with E-state index in [1.165, 1.54) is 0 Å². The summed E-state index contributed by atoms with van der Waals surface area (Å²) in [4.78, 5) is 11.8. The van der Waals surface area contributed by atoms with Crippen molar-refractivity contribution in [1.29, 1.82) is 0 Å². The molecular weight excluding hydrogens is 283 g/mol. The van der Waals surface area contributed by atoms with Gasteiger partial charge in [-0.1, -0.05) is 30.3 Å². The predicted molar refractivity (Wildman–Crippen MR) is 70.7 cm³/mol. The van der Waals surface area contributed by atoms with Gasteiger partial charge in [-0.25, -0.2) is 0 Å². The minimum atomic E-state index is -6.00. The van der Waals surface area contributed by atoms with Gasteiger partial charge in [0.1, 0.15) is 30.2 Å². The van der Waals surface area contributed by atoms with Crippen molar-refractivity contribution in [3.8, 4) is 0 Å². The molecular formula is C11H15BF4O2S. The Hall–Kier alpha value is -1.02. The molecule has 8 heteroatoms. The molecule has 1 aromatic carbocycles. The van der Waals surface area contributed by atoms with Gasteiger partial charge in [0.15, 0.2) is 5.78 Å². The number of halogens is 4. The maximum absolute atomic E-state index is 11.8. The van der Waals surface area contributed by atoms with Gasteiger partial charge >= 0.3 is 7.25 Å². The van der Waals surface area contributed by atoms with Crippen LogP contribution in [0, 0.1) is 0 Å². The van der Waals surface area contributed by atoms with Crippen LogP contribution in [0.15, 0.2) is 30.3 Å². The number of rotatable bonds is 5. The summed E-state index contributed by atoms with van der Waals surface area (Å²) in [5.41, 5.74) is 0.485. The molecule has 0 N–H and O–H groups in total. The Bertz CT molecular complexity index is 518. The highest BCUT2D eigenvalue weighted by Crippen LogP contribution is 2.06. The van der Waals surface area contributed by atoms with E-state index in [1.54, 1.807) is 30.3 Å². The van der Waals surface area contributed by atoms with E-state index >= 15 is 0 Å². The highest BCUT2D eigenvalue weighted by atomic mass is 32.2. The Morgan fingerprint density at radius 1 is 1.26 bits per heavy atom. The summed E-state index contributed by atoms with van der Waals surface area (Å²) >= 11 is -2.18. The van der Waals surface area contributed by atoms with Crippen molar-refractivity contribution >= 4 is 24.2 Å². The molecule has 0 saturated carbocycles. The second-order valence-electron chi connectivity index (χ2n) is 3.12. The van der Waals surface area contributed by atoms with Crippen molar-refractivity contribution in [1.82, 2.24) is 0 Å². The lowest BCUT2D eigenvalue weighted by molar-refractivity contribution is 0.0966. The molecule has 19 heavy (non-hydrogen) atoms. The van der Waals surface area contributed by atoms with E-state index in [1.807, 2.05) is 0 Å². The van der Waals surface area contributed by atoms with Crippen LogP contribution in [0.1, 0.15) is 25.0 Å². The summed E-state index contributed by atoms with van der Waals surface area (Å²) in [5.74, 6) is -0.217. The molecule has 0 aromatic heterocycles. The van der Waals surface area contributed by atoms with Gasteiger partial charge < -0.3 is 17.3 Å². The smallest absolute Gasteiger partial charge is 0.418 e. The fourth-order valence-electron chi connectivity index (χ4n) is 0.986. The molecule has 1 aromatic rings. The van der Waals surface area contributed by atoms with Crippen molar-refractivity contribution in [2.75, 3.05) is 19.0 Å². The molecule has 0 spiro atoms. The lowest BCUT2D eigenvalue weighted by Gasteiger charge is -1.99. The maximum Gasteiger partial charge on any atom is 0.673 e. The number of hydrogen-bond donors (Lipinski definition) is 0. The number of hydrogen-bond acceptors (Lipinski definition) is 2. The summed E-state index contributed by atoms with van der Waals surface area (Å²) in [5, 5.41) is 0. The number of ketones is 1. The Kier molecular flexibility index (Phi) is 4.64. The molecule has 108 valence electrons. The van der Waals surface area contributed by atoms with E-state index in [9.17, 15) is 22.1 Å². The fourth-order valence-corrected chi connectivity index (χ4v) is 1.24. The second-order valence-corrected chi connectivity index (χ2v) is 3.90. The molecule has 0 aliphatic carbocycles. The number of carbonyl (C=O) groups excluding carboxylic acids is 1. The molecule has 0 unspecified atom stereocenters. The van der Waals surface area contributed by atoms with Crippen LogP contribution in [0.25, 0.3) is 0 Å². The lowest BCUT2D eigenvalue weighted by atomic mass is 10.1. The summed E-state index contributed by atoms with van der Waals surface area (Å²) in [6.45, 7) is -0.229. The molecule has 0 radical (unpaired) electrons. The zero-order chi connectivity index (χ0) is 19.9. The van der Waals surface area contributed by atoms with E-state index in [-0.39, 0.29) is 18.8 Å². The van der Waals surface area contributed by atoms with E-state index in [0.29, 0.717) is 5.56 Å². The number of benzene rings is 1. The van der Waals surface area contributed by atoms with Gasteiger partial charge in [-0.3, -0.25) is 4.79 Å². The monoisotopic (exact) mass is 304 g/mol. The third-order valence-corrected chi connectivity index (χ3v) is 2.03. The van der Waals surface area contributed by atoms with Gasteiger partial charge in [0.25, 0.3) is 0 Å². The zero-order valence-electron chi connectivity index (χ0n) is 15.6. The van der Waals surface area contributed by atoms with E-state index in [2.05, 4.69) is 0 Å². The van der Waals surface area contributed by atoms with Gasteiger partial charge in [-0.05, 0) is 0 Å². The van der Waals surface area contributed by atoms with Crippen molar-refractivity contribution in [3.05, 3.63) is 35.9 Å². The summed E-state index contributed by atoms with van der Waals surface area (Å²) in [6.07, 6.45) is -5.50. The highest BCUT2D eigenvalue weighted by Gasteiger charge is 2.20. The molecule has 0 aliphatic heterocycles. The quantitative estimate of drug-likeness (QED) is 0.361. The fraction of sp³-hybridized carbons (Fsp3) is 0.364. The Balaban J connectivity index is 0.00000101. The first-order chi connectivity index (χ1) is 11.1. The molecule has 0 amide bonds. The van der Waals surface area contributed by atoms with Crippen molar-refractivity contribution in [3.63, 3.8) is 0 Å². The van der Waals surface area contributed by atoms with Crippen LogP contribution in [0.5, 0.6) is 0 Å². The minimum Gasteiger partial charge on any atom is -0.418 e. The van der Waals surface area contributed by atoms with Crippen LogP contribution < -0.4 is 0 Å².